The monoisotopic (exact) mass is 180 g/mol. The fourth-order valence-corrected chi connectivity index (χ4v) is 3.62. The Balaban J connectivity index is 2.03. The molecule has 1 unspecified atom stereocenters. The van der Waals surface area contributed by atoms with E-state index in [4.69, 9.17) is 0 Å². The van der Waals surface area contributed by atoms with Crippen molar-refractivity contribution in [2.75, 3.05) is 0 Å². The third-order valence-corrected chi connectivity index (χ3v) is 4.05. The molecule has 3 aliphatic carbocycles. The first-order chi connectivity index (χ1) is 6.18. The average molecular weight is 180 g/mol. The van der Waals surface area contributed by atoms with Gasteiger partial charge in [0.25, 0.3) is 0 Å². The lowest BCUT2D eigenvalue weighted by Crippen LogP contribution is -2.21. The Morgan fingerprint density at radius 1 is 1.15 bits per heavy atom. The lowest BCUT2D eigenvalue weighted by atomic mass is 9.92. The maximum absolute atomic E-state index is 11.5. The van der Waals surface area contributed by atoms with Crippen LogP contribution in [0.3, 0.4) is 0 Å². The van der Waals surface area contributed by atoms with Crippen molar-refractivity contribution in [2.45, 2.75) is 25.4 Å². The van der Waals surface area contributed by atoms with Gasteiger partial charge in [0.15, 0.2) is 0 Å². The minimum Gasteiger partial charge on any atom is -0.392 e. The maximum atomic E-state index is 11.5. The van der Waals surface area contributed by atoms with E-state index in [1.807, 2.05) is 0 Å². The van der Waals surface area contributed by atoms with Gasteiger partial charge in [0.1, 0.15) is 11.6 Å². The summed E-state index contributed by atoms with van der Waals surface area (Å²) in [6.07, 6.45) is 1.13. The Kier molecular flexibility index (Phi) is 1.30. The van der Waals surface area contributed by atoms with Crippen LogP contribution in [0.5, 0.6) is 0 Å². The molecule has 70 valence electrons. The summed E-state index contributed by atoms with van der Waals surface area (Å²) in [7, 11) is 0. The zero-order valence-electron chi connectivity index (χ0n) is 7.27. The highest BCUT2D eigenvalue weighted by atomic mass is 16.3. The summed E-state index contributed by atoms with van der Waals surface area (Å²) < 4.78 is 0. The smallest absolute Gasteiger partial charge is 0.139 e. The summed E-state index contributed by atoms with van der Waals surface area (Å²) in [6.45, 7) is 0. The fourth-order valence-electron chi connectivity index (χ4n) is 3.62. The number of carbonyl (C=O) groups excluding carboxylic acids is 2. The summed E-state index contributed by atoms with van der Waals surface area (Å²) in [6, 6.07) is 0. The highest BCUT2D eigenvalue weighted by Crippen LogP contribution is 2.55. The van der Waals surface area contributed by atoms with Crippen LogP contribution in [0.1, 0.15) is 19.3 Å². The van der Waals surface area contributed by atoms with Gasteiger partial charge in [-0.05, 0) is 18.3 Å². The largest absolute Gasteiger partial charge is 0.392 e. The third kappa shape index (κ3) is 0.784. The summed E-state index contributed by atoms with van der Waals surface area (Å²) in [5, 5.41) is 9.64. The fraction of sp³-hybridized carbons (Fsp3) is 0.800. The van der Waals surface area contributed by atoms with E-state index >= 15 is 0 Å². The van der Waals surface area contributed by atoms with Crippen LogP contribution in [0.25, 0.3) is 0 Å². The second-order valence-corrected chi connectivity index (χ2v) is 4.61. The second-order valence-electron chi connectivity index (χ2n) is 4.61. The molecule has 0 radical (unpaired) electrons. The van der Waals surface area contributed by atoms with Gasteiger partial charge in [0, 0.05) is 24.7 Å². The van der Waals surface area contributed by atoms with Gasteiger partial charge in [-0.25, -0.2) is 0 Å². The van der Waals surface area contributed by atoms with E-state index in [0.29, 0.717) is 19.3 Å². The molecule has 0 aromatic heterocycles. The number of aliphatic hydroxyl groups excluding tert-OH is 1. The Labute approximate surface area is 76.1 Å². The van der Waals surface area contributed by atoms with Gasteiger partial charge in [-0.15, -0.1) is 0 Å². The zero-order chi connectivity index (χ0) is 9.16. The van der Waals surface area contributed by atoms with Gasteiger partial charge in [0.2, 0.25) is 0 Å². The molecule has 3 fully saturated rings. The third-order valence-electron chi connectivity index (χ3n) is 4.05. The molecule has 0 spiro atoms. The van der Waals surface area contributed by atoms with Gasteiger partial charge in [-0.1, -0.05) is 0 Å². The molecule has 3 saturated carbocycles. The average Bonchev–Trinajstić information content (AvgIpc) is 2.60. The molecule has 0 saturated heterocycles. The van der Waals surface area contributed by atoms with Crippen LogP contribution in [-0.4, -0.2) is 22.8 Å². The van der Waals surface area contributed by atoms with Crippen molar-refractivity contribution in [2.24, 2.45) is 23.7 Å². The van der Waals surface area contributed by atoms with Gasteiger partial charge >= 0.3 is 0 Å². The Bertz CT molecular complexity index is 297. The van der Waals surface area contributed by atoms with E-state index in [1.54, 1.807) is 0 Å². The van der Waals surface area contributed by atoms with Crippen molar-refractivity contribution >= 4 is 11.6 Å². The van der Waals surface area contributed by atoms with Crippen LogP contribution in [0, 0.1) is 23.7 Å². The molecule has 0 bridgehead atoms. The Morgan fingerprint density at radius 3 is 2.62 bits per heavy atom. The van der Waals surface area contributed by atoms with E-state index < -0.39 is 6.10 Å². The normalized spacial score (nSPS) is 53.2. The maximum Gasteiger partial charge on any atom is 0.139 e. The molecule has 0 heterocycles. The molecule has 3 aliphatic rings. The molecule has 1 N–H and O–H groups in total. The number of Topliss-reactive ketones (excluding diaryl/α,β-unsaturated/α-hetero) is 2. The molecule has 13 heavy (non-hydrogen) atoms. The van der Waals surface area contributed by atoms with Crippen molar-refractivity contribution in [1.82, 2.24) is 0 Å². The van der Waals surface area contributed by atoms with Gasteiger partial charge in [-0.2, -0.15) is 0 Å². The van der Waals surface area contributed by atoms with E-state index in [1.165, 1.54) is 0 Å². The molecule has 0 aliphatic heterocycles. The molecule has 3 heteroatoms. The molecule has 0 aromatic rings. The van der Waals surface area contributed by atoms with Crippen molar-refractivity contribution in [3.63, 3.8) is 0 Å². The molecule has 0 amide bonds. The summed E-state index contributed by atoms with van der Waals surface area (Å²) in [5.41, 5.74) is 0. The minimum absolute atomic E-state index is 0.0106. The van der Waals surface area contributed by atoms with Crippen LogP contribution >= 0.6 is 0 Å². The van der Waals surface area contributed by atoms with Crippen molar-refractivity contribution in [3.05, 3.63) is 0 Å². The lowest BCUT2D eigenvalue weighted by Gasteiger charge is -2.11. The van der Waals surface area contributed by atoms with Crippen molar-refractivity contribution in [1.29, 1.82) is 0 Å². The topological polar surface area (TPSA) is 54.4 Å². The number of carbonyl (C=O) groups is 2. The van der Waals surface area contributed by atoms with Crippen LogP contribution in [0.15, 0.2) is 0 Å². The van der Waals surface area contributed by atoms with Crippen LogP contribution in [0.4, 0.5) is 0 Å². The number of ketones is 2. The van der Waals surface area contributed by atoms with Gasteiger partial charge < -0.3 is 5.11 Å². The summed E-state index contributed by atoms with van der Waals surface area (Å²) in [5.74, 6) is 0.765. The first-order valence-corrected chi connectivity index (χ1v) is 4.92. The van der Waals surface area contributed by atoms with E-state index in [9.17, 15) is 14.7 Å². The molecule has 3 nitrogen and oxygen atoms in total. The molecule has 5 atom stereocenters. The zero-order valence-corrected chi connectivity index (χ0v) is 7.27. The first-order valence-electron chi connectivity index (χ1n) is 4.92. The molecule has 3 rings (SSSR count). The number of aliphatic hydroxyl groups is 1. The second kappa shape index (κ2) is 2.21. The first kappa shape index (κ1) is 7.68. The van der Waals surface area contributed by atoms with Crippen LogP contribution in [0.2, 0.25) is 0 Å². The summed E-state index contributed by atoms with van der Waals surface area (Å²) in [4.78, 5) is 23.0. The molecular formula is C10H12O3. The summed E-state index contributed by atoms with van der Waals surface area (Å²) >= 11 is 0. The Hall–Kier alpha value is -0.700. The lowest BCUT2D eigenvalue weighted by molar-refractivity contribution is -0.123. The number of hydrogen-bond donors (Lipinski definition) is 1. The SMILES string of the molecule is O=C1C[C@H]2CC(=O)[C@H]3C(O)C[C@@H]1[C@@H]23. The number of rotatable bonds is 0. The van der Waals surface area contributed by atoms with Gasteiger partial charge in [-0.3, -0.25) is 9.59 Å². The Morgan fingerprint density at radius 2 is 1.85 bits per heavy atom. The predicted octanol–water partition coefficient (Wildman–Crippen LogP) is 0.161. The molecular weight excluding hydrogens is 168 g/mol. The number of hydrogen-bond acceptors (Lipinski definition) is 3. The van der Waals surface area contributed by atoms with Crippen molar-refractivity contribution < 1.29 is 14.7 Å². The van der Waals surface area contributed by atoms with Crippen LogP contribution < -0.4 is 0 Å². The van der Waals surface area contributed by atoms with E-state index in [-0.39, 0.29) is 35.2 Å². The van der Waals surface area contributed by atoms with Gasteiger partial charge in [0.05, 0.1) is 6.10 Å². The molecule has 0 aromatic carbocycles. The highest BCUT2D eigenvalue weighted by Gasteiger charge is 2.60. The van der Waals surface area contributed by atoms with E-state index in [0.717, 1.165) is 0 Å². The highest BCUT2D eigenvalue weighted by molar-refractivity contribution is 5.93. The van der Waals surface area contributed by atoms with E-state index in [2.05, 4.69) is 0 Å². The standard InChI is InChI=1S/C10H12O3/c11-6-1-4-2-7(12)10-8(13)3-5(6)9(4)10/h4-5,8-10,13H,1-3H2/t4-,5-,8?,9+,10-/m0/s1. The predicted molar refractivity (Wildman–Crippen MR) is 43.8 cm³/mol. The van der Waals surface area contributed by atoms with Crippen LogP contribution in [-0.2, 0) is 9.59 Å². The van der Waals surface area contributed by atoms with Crippen molar-refractivity contribution in [3.8, 4) is 0 Å². The quantitative estimate of drug-likeness (QED) is 0.577. The minimum atomic E-state index is -0.531.